The van der Waals surface area contributed by atoms with Crippen LogP contribution in [0.4, 0.5) is 0 Å². The molecule has 0 heterocycles. The molecule has 0 aliphatic heterocycles. The Balaban J connectivity index is 2.75. The fourth-order valence-electron chi connectivity index (χ4n) is 1.87. The predicted octanol–water partition coefficient (Wildman–Crippen LogP) is 2.87. The minimum Gasteiger partial charge on any atom is -0.496 e. The first-order valence-electron chi connectivity index (χ1n) is 7.36. The van der Waals surface area contributed by atoms with Crippen molar-refractivity contribution in [3.05, 3.63) is 29.3 Å². The number of nitrogens with one attached hydrogen (secondary N) is 1. The molecule has 0 aliphatic carbocycles. The second-order valence-electron chi connectivity index (χ2n) is 4.59. The van der Waals surface area contributed by atoms with Crippen molar-refractivity contribution in [3.63, 3.8) is 0 Å². The first-order valence-corrected chi connectivity index (χ1v) is 8.58. The average Bonchev–Trinajstić information content (AvgIpc) is 2.58. The van der Waals surface area contributed by atoms with Crippen molar-refractivity contribution >= 4 is 23.7 Å². The van der Waals surface area contributed by atoms with E-state index in [1.807, 2.05) is 37.4 Å². The molecule has 0 unspecified atom stereocenters. The van der Waals surface area contributed by atoms with Crippen molar-refractivity contribution in [1.29, 1.82) is 5.26 Å². The van der Waals surface area contributed by atoms with E-state index in [0.29, 0.717) is 26.2 Å². The van der Waals surface area contributed by atoms with E-state index in [1.165, 1.54) is 0 Å². The molecule has 1 rings (SSSR count). The number of carbonyl (C=O) groups excluding carboxylic acids is 1. The van der Waals surface area contributed by atoms with Gasteiger partial charge in [0.25, 0.3) is 5.91 Å². The highest BCUT2D eigenvalue weighted by atomic mass is 32.2. The van der Waals surface area contributed by atoms with E-state index in [9.17, 15) is 10.1 Å². The summed E-state index contributed by atoms with van der Waals surface area (Å²) in [7, 11) is 1.60. The van der Waals surface area contributed by atoms with Gasteiger partial charge in [0.15, 0.2) is 0 Å². The van der Waals surface area contributed by atoms with Crippen LogP contribution in [0.3, 0.4) is 0 Å². The largest absolute Gasteiger partial charge is 0.496 e. The van der Waals surface area contributed by atoms with Crippen LogP contribution in [0.5, 0.6) is 5.75 Å². The van der Waals surface area contributed by atoms with Crippen LogP contribution in [0, 0.1) is 11.3 Å². The van der Waals surface area contributed by atoms with E-state index in [0.717, 1.165) is 16.2 Å². The molecular formula is C17H22N2O3S. The quantitative estimate of drug-likeness (QED) is 0.325. The number of nitrogens with zero attached hydrogens (tertiary/aromatic N) is 1. The summed E-state index contributed by atoms with van der Waals surface area (Å²) in [6, 6.07) is 7.51. The van der Waals surface area contributed by atoms with Gasteiger partial charge >= 0.3 is 0 Å². The number of thioether (sulfide) groups is 1. The van der Waals surface area contributed by atoms with E-state index < -0.39 is 0 Å². The van der Waals surface area contributed by atoms with Gasteiger partial charge in [-0.05, 0) is 43.4 Å². The lowest BCUT2D eigenvalue weighted by Gasteiger charge is -2.07. The maximum atomic E-state index is 12.0. The Kier molecular flexibility index (Phi) is 8.88. The Labute approximate surface area is 141 Å². The van der Waals surface area contributed by atoms with E-state index in [-0.39, 0.29) is 11.5 Å². The van der Waals surface area contributed by atoms with Crippen molar-refractivity contribution in [3.8, 4) is 11.8 Å². The molecule has 124 valence electrons. The fraction of sp³-hybridized carbons (Fsp3) is 0.412. The summed E-state index contributed by atoms with van der Waals surface area (Å²) in [6.07, 6.45) is 4.24. The molecule has 0 fully saturated rings. The van der Waals surface area contributed by atoms with Crippen LogP contribution in [0.1, 0.15) is 18.9 Å². The Morgan fingerprint density at radius 1 is 1.48 bits per heavy atom. The topological polar surface area (TPSA) is 71.3 Å². The minimum absolute atomic E-state index is 0.0698. The van der Waals surface area contributed by atoms with Crippen molar-refractivity contribution in [2.75, 3.05) is 33.1 Å². The number of amides is 1. The van der Waals surface area contributed by atoms with Crippen molar-refractivity contribution in [2.24, 2.45) is 0 Å². The molecule has 6 heteroatoms. The van der Waals surface area contributed by atoms with Gasteiger partial charge in [-0.15, -0.1) is 11.8 Å². The number of ether oxygens (including phenoxy) is 2. The SMILES string of the molecule is CCOCCCNC(=O)/C(C#N)=C\c1ccc(SC)c(OC)c1. The maximum Gasteiger partial charge on any atom is 0.261 e. The highest BCUT2D eigenvalue weighted by Crippen LogP contribution is 2.29. The number of benzene rings is 1. The molecular weight excluding hydrogens is 312 g/mol. The van der Waals surface area contributed by atoms with Gasteiger partial charge in [0, 0.05) is 24.7 Å². The van der Waals surface area contributed by atoms with Crippen LogP contribution in [0.25, 0.3) is 6.08 Å². The van der Waals surface area contributed by atoms with Gasteiger partial charge in [0.05, 0.1) is 7.11 Å². The fourth-order valence-corrected chi connectivity index (χ4v) is 2.42. The Morgan fingerprint density at radius 2 is 2.26 bits per heavy atom. The van der Waals surface area contributed by atoms with Gasteiger partial charge in [0.1, 0.15) is 17.4 Å². The van der Waals surface area contributed by atoms with Gasteiger partial charge < -0.3 is 14.8 Å². The van der Waals surface area contributed by atoms with E-state index in [4.69, 9.17) is 9.47 Å². The van der Waals surface area contributed by atoms with Crippen LogP contribution < -0.4 is 10.1 Å². The number of hydrogen-bond donors (Lipinski definition) is 1. The zero-order valence-corrected chi connectivity index (χ0v) is 14.5. The number of hydrogen-bond acceptors (Lipinski definition) is 5. The average molecular weight is 334 g/mol. The lowest BCUT2D eigenvalue weighted by molar-refractivity contribution is -0.117. The lowest BCUT2D eigenvalue weighted by atomic mass is 10.1. The zero-order chi connectivity index (χ0) is 17.1. The molecule has 0 spiro atoms. The number of nitriles is 1. The van der Waals surface area contributed by atoms with Crippen LogP contribution in [-0.4, -0.2) is 39.0 Å². The van der Waals surface area contributed by atoms with Gasteiger partial charge in [-0.1, -0.05) is 6.07 Å². The van der Waals surface area contributed by atoms with Crippen LogP contribution in [0.15, 0.2) is 28.7 Å². The summed E-state index contributed by atoms with van der Waals surface area (Å²) >= 11 is 1.58. The number of rotatable bonds is 9. The summed E-state index contributed by atoms with van der Waals surface area (Å²) in [5.74, 6) is 0.345. The second kappa shape index (κ2) is 10.7. The van der Waals surface area contributed by atoms with Crippen molar-refractivity contribution in [1.82, 2.24) is 5.32 Å². The highest BCUT2D eigenvalue weighted by Gasteiger charge is 2.09. The third-order valence-electron chi connectivity index (χ3n) is 3.04. The van der Waals surface area contributed by atoms with E-state index in [2.05, 4.69) is 5.32 Å². The minimum atomic E-state index is -0.378. The molecule has 1 aromatic rings. The summed E-state index contributed by atoms with van der Waals surface area (Å²) < 4.78 is 10.5. The monoisotopic (exact) mass is 334 g/mol. The first kappa shape index (κ1) is 19.1. The predicted molar refractivity (Wildman–Crippen MR) is 92.5 cm³/mol. The van der Waals surface area contributed by atoms with Gasteiger partial charge in [-0.2, -0.15) is 5.26 Å². The molecule has 1 N–H and O–H groups in total. The van der Waals surface area contributed by atoms with Gasteiger partial charge in [0.2, 0.25) is 0 Å². The Morgan fingerprint density at radius 3 is 2.87 bits per heavy atom. The van der Waals surface area contributed by atoms with Gasteiger partial charge in [-0.3, -0.25) is 4.79 Å². The van der Waals surface area contributed by atoms with E-state index in [1.54, 1.807) is 24.9 Å². The molecule has 0 bridgehead atoms. The molecule has 1 aromatic carbocycles. The number of methoxy groups -OCH3 is 1. The van der Waals surface area contributed by atoms with E-state index >= 15 is 0 Å². The molecule has 0 aliphatic rings. The lowest BCUT2D eigenvalue weighted by Crippen LogP contribution is -2.26. The van der Waals surface area contributed by atoms with Crippen LogP contribution in [-0.2, 0) is 9.53 Å². The van der Waals surface area contributed by atoms with Gasteiger partial charge in [-0.25, -0.2) is 0 Å². The normalized spacial score (nSPS) is 11.0. The standard InChI is InChI=1S/C17H22N2O3S/c1-4-22-9-5-8-19-17(20)14(12-18)10-13-6-7-16(23-3)15(11-13)21-2/h6-7,10-11H,4-5,8-9H2,1-3H3,(H,19,20)/b14-10-. The summed E-state index contributed by atoms with van der Waals surface area (Å²) in [4.78, 5) is 13.0. The molecule has 0 saturated carbocycles. The molecule has 0 radical (unpaired) electrons. The smallest absolute Gasteiger partial charge is 0.261 e. The molecule has 0 saturated heterocycles. The molecule has 0 aromatic heterocycles. The Hall–Kier alpha value is -1.97. The van der Waals surface area contributed by atoms with Crippen molar-refractivity contribution in [2.45, 2.75) is 18.2 Å². The third-order valence-corrected chi connectivity index (χ3v) is 3.82. The number of carbonyl (C=O) groups is 1. The second-order valence-corrected chi connectivity index (χ2v) is 5.44. The van der Waals surface area contributed by atoms with Crippen LogP contribution >= 0.6 is 11.8 Å². The first-order chi connectivity index (χ1) is 11.2. The Bertz CT molecular complexity index is 594. The van der Waals surface area contributed by atoms with Crippen molar-refractivity contribution < 1.29 is 14.3 Å². The third kappa shape index (κ3) is 6.35. The molecule has 1 amide bonds. The molecule has 23 heavy (non-hydrogen) atoms. The zero-order valence-electron chi connectivity index (χ0n) is 13.7. The van der Waals surface area contributed by atoms with Crippen LogP contribution in [0.2, 0.25) is 0 Å². The maximum absolute atomic E-state index is 12.0. The summed E-state index contributed by atoms with van der Waals surface area (Å²) in [5.41, 5.74) is 0.820. The molecule has 0 atom stereocenters. The summed E-state index contributed by atoms with van der Waals surface area (Å²) in [6.45, 7) is 3.65. The molecule has 5 nitrogen and oxygen atoms in total. The summed E-state index contributed by atoms with van der Waals surface area (Å²) in [5, 5.41) is 11.9. The highest BCUT2D eigenvalue weighted by molar-refractivity contribution is 7.98.